The molecule has 2 nitrogen and oxygen atoms in total. The summed E-state index contributed by atoms with van der Waals surface area (Å²) in [7, 11) is 0. The molecule has 3 rings (SSSR count). The Balaban J connectivity index is 1.27. The molecule has 190 valence electrons. The second-order valence-corrected chi connectivity index (χ2v) is 11.5. The minimum atomic E-state index is -0.332. The number of rotatable bonds is 16. The van der Waals surface area contributed by atoms with Gasteiger partial charge in [0.1, 0.15) is 5.60 Å². The van der Waals surface area contributed by atoms with Gasteiger partial charge in [-0.25, -0.2) is 4.98 Å². The monoisotopic (exact) mass is 485 g/mol. The van der Waals surface area contributed by atoms with E-state index in [-0.39, 0.29) is 5.60 Å². The molecule has 1 unspecified atom stereocenters. The van der Waals surface area contributed by atoms with Crippen molar-refractivity contribution in [1.82, 2.24) is 4.98 Å². The zero-order valence-electron chi connectivity index (χ0n) is 22.1. The topological polar surface area (TPSA) is 22.1 Å². The first kappa shape index (κ1) is 27.5. The fourth-order valence-electron chi connectivity index (χ4n) is 5.53. The van der Waals surface area contributed by atoms with Gasteiger partial charge in [-0.15, -0.1) is 0 Å². The molecule has 0 saturated heterocycles. The molecular formula is C31H48ClNO. The van der Waals surface area contributed by atoms with Gasteiger partial charge in [-0.05, 0) is 50.1 Å². The summed E-state index contributed by atoms with van der Waals surface area (Å²) in [5, 5.41) is 1.91. The Bertz CT molecular complexity index is 862. The molecule has 0 saturated carbocycles. The number of hydrogen-bond donors (Lipinski definition) is 0. The molecule has 0 aliphatic carbocycles. The Kier molecular flexibility index (Phi) is 11.7. The maximum Gasteiger partial charge on any atom is 0.105 e. The fourth-order valence-corrected chi connectivity index (χ4v) is 5.71. The molecule has 0 N–H and O–H groups in total. The number of halogens is 1. The normalized spacial score (nSPS) is 17.2. The van der Waals surface area contributed by atoms with Crippen LogP contribution in [0.3, 0.4) is 0 Å². The van der Waals surface area contributed by atoms with Crippen LogP contribution >= 0.6 is 11.6 Å². The summed E-state index contributed by atoms with van der Waals surface area (Å²) in [5.41, 5.74) is 3.09. The van der Waals surface area contributed by atoms with Gasteiger partial charge in [-0.2, -0.15) is 0 Å². The van der Waals surface area contributed by atoms with Gasteiger partial charge in [-0.3, -0.25) is 0 Å². The van der Waals surface area contributed by atoms with Crippen molar-refractivity contribution in [3.63, 3.8) is 0 Å². The summed E-state index contributed by atoms with van der Waals surface area (Å²) in [6.45, 7) is 6.62. The highest BCUT2D eigenvalue weighted by molar-refractivity contribution is 6.31. The molecular weight excluding hydrogens is 438 g/mol. The van der Waals surface area contributed by atoms with Crippen molar-refractivity contribution in [3.05, 3.63) is 40.5 Å². The van der Waals surface area contributed by atoms with Crippen LogP contribution in [-0.2, 0) is 16.8 Å². The first-order chi connectivity index (χ1) is 16.5. The van der Waals surface area contributed by atoms with Gasteiger partial charge < -0.3 is 4.74 Å². The molecule has 2 aromatic rings. The number of fused-ring (bicyclic) bond motifs is 2. The van der Waals surface area contributed by atoms with Crippen molar-refractivity contribution in [2.45, 2.75) is 142 Å². The maximum atomic E-state index is 6.50. The summed E-state index contributed by atoms with van der Waals surface area (Å²) in [5.74, 6) is 0. The molecule has 0 amide bonds. The number of unbranched alkanes of at least 4 members (excludes halogenated alkanes) is 14. The number of nitrogens with zero attached hydrogens (tertiary/aromatic N) is 1. The Morgan fingerprint density at radius 2 is 1.38 bits per heavy atom. The predicted molar refractivity (Wildman–Crippen MR) is 148 cm³/mol. The largest absolute Gasteiger partial charge is 0.366 e. The second kappa shape index (κ2) is 14.4. The van der Waals surface area contributed by atoms with Crippen LogP contribution < -0.4 is 0 Å². The van der Waals surface area contributed by atoms with Crippen LogP contribution in [0.2, 0.25) is 5.02 Å². The number of benzene rings is 1. The van der Waals surface area contributed by atoms with E-state index in [2.05, 4.69) is 26.8 Å². The van der Waals surface area contributed by atoms with E-state index in [9.17, 15) is 0 Å². The van der Waals surface area contributed by atoms with Crippen LogP contribution in [-0.4, -0.2) is 11.1 Å². The number of pyridine rings is 1. The Labute approximate surface area is 214 Å². The summed E-state index contributed by atoms with van der Waals surface area (Å²) >= 11 is 6.21. The lowest BCUT2D eigenvalue weighted by atomic mass is 9.89. The summed E-state index contributed by atoms with van der Waals surface area (Å²) in [4.78, 5) is 4.94. The van der Waals surface area contributed by atoms with Gasteiger partial charge in [0.15, 0.2) is 0 Å². The average molecular weight is 486 g/mol. The fraction of sp³-hybridized carbons (Fsp3) is 0.710. The molecule has 1 atom stereocenters. The Hall–Kier alpha value is -1.12. The third kappa shape index (κ3) is 8.83. The molecule has 1 aliphatic heterocycles. The average Bonchev–Trinajstić information content (AvgIpc) is 2.80. The molecule has 1 aromatic heterocycles. The lowest BCUT2D eigenvalue weighted by molar-refractivity contribution is -0.0937. The van der Waals surface area contributed by atoms with Crippen molar-refractivity contribution in [1.29, 1.82) is 0 Å². The van der Waals surface area contributed by atoms with Gasteiger partial charge in [0.05, 0.1) is 17.3 Å². The van der Waals surface area contributed by atoms with E-state index < -0.39 is 0 Å². The van der Waals surface area contributed by atoms with Crippen molar-refractivity contribution in [2.24, 2.45) is 0 Å². The summed E-state index contributed by atoms with van der Waals surface area (Å²) in [6.07, 6.45) is 23.5. The minimum Gasteiger partial charge on any atom is -0.366 e. The van der Waals surface area contributed by atoms with Crippen molar-refractivity contribution in [2.75, 3.05) is 0 Å². The van der Waals surface area contributed by atoms with Crippen molar-refractivity contribution in [3.8, 4) is 0 Å². The zero-order valence-corrected chi connectivity index (χ0v) is 22.9. The van der Waals surface area contributed by atoms with Crippen molar-refractivity contribution >= 4 is 22.5 Å². The molecule has 0 bridgehead atoms. The molecule has 3 heteroatoms. The Morgan fingerprint density at radius 1 is 0.824 bits per heavy atom. The van der Waals surface area contributed by atoms with E-state index >= 15 is 0 Å². The van der Waals surface area contributed by atoms with Gasteiger partial charge >= 0.3 is 0 Å². The quantitative estimate of drug-likeness (QED) is 0.220. The molecule has 0 fully saturated rings. The van der Waals surface area contributed by atoms with Crippen LogP contribution in [0.4, 0.5) is 0 Å². The molecule has 34 heavy (non-hydrogen) atoms. The van der Waals surface area contributed by atoms with E-state index in [0.717, 1.165) is 34.5 Å². The van der Waals surface area contributed by atoms with Crippen molar-refractivity contribution < 1.29 is 4.74 Å². The van der Waals surface area contributed by atoms with E-state index in [1.807, 2.05) is 18.2 Å². The van der Waals surface area contributed by atoms with Crippen LogP contribution in [0.5, 0.6) is 0 Å². The summed E-state index contributed by atoms with van der Waals surface area (Å²) < 4.78 is 6.50. The predicted octanol–water partition coefficient (Wildman–Crippen LogP) is 10.3. The van der Waals surface area contributed by atoms with E-state index in [1.54, 1.807) is 0 Å². The van der Waals surface area contributed by atoms with Gasteiger partial charge in [-0.1, -0.05) is 115 Å². The number of ether oxygens (including phenoxy) is 1. The zero-order chi connectivity index (χ0) is 24.2. The summed E-state index contributed by atoms with van der Waals surface area (Å²) in [6, 6.07) is 8.23. The minimum absolute atomic E-state index is 0.294. The molecule has 1 aliphatic rings. The lowest BCUT2D eigenvalue weighted by Gasteiger charge is -2.37. The van der Waals surface area contributed by atoms with Gasteiger partial charge in [0.25, 0.3) is 0 Å². The van der Waals surface area contributed by atoms with E-state index in [1.165, 1.54) is 102 Å². The van der Waals surface area contributed by atoms with Crippen LogP contribution in [0.15, 0.2) is 24.3 Å². The highest BCUT2D eigenvalue weighted by Gasteiger charge is 2.35. The lowest BCUT2D eigenvalue weighted by Crippen LogP contribution is -2.37. The highest BCUT2D eigenvalue weighted by Crippen LogP contribution is 2.37. The molecule has 1 aromatic carbocycles. The standard InChI is InChI=1S/C31H48ClNO/c1-4-5-6-7-8-9-10-11-12-13-14-15-16-17-18-19-28-24-26-22-25-23-27(32)20-21-29(25)33-30(26)31(2,3)34-28/h20-23,28H,4-19,24H2,1-3H3. The van der Waals surface area contributed by atoms with Crippen LogP contribution in [0, 0.1) is 0 Å². The third-order valence-corrected chi connectivity index (χ3v) is 7.70. The van der Waals surface area contributed by atoms with Crippen LogP contribution in [0.25, 0.3) is 10.9 Å². The van der Waals surface area contributed by atoms with Gasteiger partial charge in [0.2, 0.25) is 0 Å². The van der Waals surface area contributed by atoms with Crippen LogP contribution in [0.1, 0.15) is 135 Å². The molecule has 0 radical (unpaired) electrons. The number of aromatic nitrogens is 1. The molecule has 0 spiro atoms. The smallest absolute Gasteiger partial charge is 0.105 e. The highest BCUT2D eigenvalue weighted by atomic mass is 35.5. The SMILES string of the molecule is CCCCCCCCCCCCCCCCCC1Cc2cc3cc(Cl)ccc3nc2C(C)(C)O1. The third-order valence-electron chi connectivity index (χ3n) is 7.46. The Morgan fingerprint density at radius 3 is 1.97 bits per heavy atom. The second-order valence-electron chi connectivity index (χ2n) is 11.0. The van der Waals surface area contributed by atoms with Gasteiger partial charge in [0, 0.05) is 16.8 Å². The molecule has 2 heterocycles. The van der Waals surface area contributed by atoms with E-state index in [0.29, 0.717) is 6.10 Å². The maximum absolute atomic E-state index is 6.50. The number of hydrogen-bond acceptors (Lipinski definition) is 2. The first-order valence-electron chi connectivity index (χ1n) is 14.3. The van der Waals surface area contributed by atoms with E-state index in [4.69, 9.17) is 21.3 Å². The first-order valence-corrected chi connectivity index (χ1v) is 14.6.